The minimum atomic E-state index is -0.704. The van der Waals surface area contributed by atoms with Gasteiger partial charge in [-0.25, -0.2) is 13.2 Å². The van der Waals surface area contributed by atoms with Gasteiger partial charge in [0.1, 0.15) is 17.5 Å². The molecule has 4 rings (SSSR count). The summed E-state index contributed by atoms with van der Waals surface area (Å²) < 4.78 is 42.3. The smallest absolute Gasteiger partial charge is 0.138 e. The molecule has 3 aromatic rings. The molecule has 0 radical (unpaired) electrons. The van der Waals surface area contributed by atoms with Crippen LogP contribution in [0, 0.1) is 29.3 Å². The molecule has 1 fully saturated rings. The van der Waals surface area contributed by atoms with Crippen LogP contribution in [0.1, 0.15) is 70.3 Å². The number of unbranched alkanes of at least 4 members (excludes halogenated alkanes) is 2. The van der Waals surface area contributed by atoms with Gasteiger partial charge in [0.15, 0.2) is 0 Å². The summed E-state index contributed by atoms with van der Waals surface area (Å²) >= 11 is 0. The van der Waals surface area contributed by atoms with Gasteiger partial charge in [-0.15, -0.1) is 0 Å². The van der Waals surface area contributed by atoms with Gasteiger partial charge in [-0.1, -0.05) is 88.6 Å². The molecule has 1 aliphatic carbocycles. The van der Waals surface area contributed by atoms with Crippen molar-refractivity contribution in [3.05, 3.63) is 71.5 Å². The third-order valence-corrected chi connectivity index (χ3v) is 7.22. The van der Waals surface area contributed by atoms with E-state index >= 15 is 4.39 Å². The highest BCUT2D eigenvalue weighted by Crippen LogP contribution is 2.35. The average Bonchev–Trinajstić information content (AvgIpc) is 2.78. The second kappa shape index (κ2) is 10.6. The van der Waals surface area contributed by atoms with Crippen LogP contribution in [0.5, 0.6) is 0 Å². The summed E-state index contributed by atoms with van der Waals surface area (Å²) in [5.74, 6) is -0.104. The summed E-state index contributed by atoms with van der Waals surface area (Å²) in [5.41, 5.74) is 1.67. The van der Waals surface area contributed by atoms with Crippen molar-refractivity contribution in [1.29, 1.82) is 0 Å². The van der Waals surface area contributed by atoms with Crippen molar-refractivity contribution >= 4 is 10.8 Å². The molecule has 0 spiro atoms. The number of hydrogen-bond acceptors (Lipinski definition) is 0. The van der Waals surface area contributed by atoms with Crippen molar-refractivity contribution in [1.82, 2.24) is 0 Å². The van der Waals surface area contributed by atoms with Gasteiger partial charge < -0.3 is 0 Å². The number of benzene rings is 3. The predicted molar refractivity (Wildman–Crippen MR) is 127 cm³/mol. The molecule has 0 nitrogen and oxygen atoms in total. The average molecular weight is 439 g/mol. The van der Waals surface area contributed by atoms with Crippen LogP contribution in [0.2, 0.25) is 0 Å². The van der Waals surface area contributed by atoms with Gasteiger partial charge in [0, 0.05) is 17.0 Å². The molecular formula is C29H33F3. The molecule has 0 aromatic heterocycles. The lowest BCUT2D eigenvalue weighted by atomic mass is 9.77. The number of rotatable bonds is 8. The van der Waals surface area contributed by atoms with Gasteiger partial charge in [0.25, 0.3) is 0 Å². The van der Waals surface area contributed by atoms with Gasteiger partial charge >= 0.3 is 0 Å². The van der Waals surface area contributed by atoms with E-state index in [0.29, 0.717) is 5.39 Å². The second-order valence-electron chi connectivity index (χ2n) is 9.56. The third-order valence-electron chi connectivity index (χ3n) is 7.22. The van der Waals surface area contributed by atoms with E-state index in [1.54, 1.807) is 6.07 Å². The maximum atomic E-state index is 15.1. The van der Waals surface area contributed by atoms with Gasteiger partial charge in [0.05, 0.1) is 0 Å². The van der Waals surface area contributed by atoms with Crippen LogP contribution in [0.4, 0.5) is 13.2 Å². The van der Waals surface area contributed by atoms with E-state index in [-0.39, 0.29) is 11.1 Å². The summed E-state index contributed by atoms with van der Waals surface area (Å²) in [6.45, 7) is 2.27. The predicted octanol–water partition coefficient (Wildman–Crippen LogP) is 9.24. The zero-order valence-electron chi connectivity index (χ0n) is 19.0. The van der Waals surface area contributed by atoms with Gasteiger partial charge in [-0.3, -0.25) is 0 Å². The molecule has 0 heterocycles. The van der Waals surface area contributed by atoms with Crippen molar-refractivity contribution in [2.75, 3.05) is 0 Å². The molecule has 1 aliphatic rings. The lowest BCUT2D eigenvalue weighted by molar-refractivity contribution is 0.249. The Bertz CT molecular complexity index is 1030. The van der Waals surface area contributed by atoms with E-state index in [1.165, 1.54) is 75.5 Å². The van der Waals surface area contributed by atoms with Crippen LogP contribution >= 0.6 is 0 Å². The molecule has 0 saturated heterocycles. The topological polar surface area (TPSA) is 0 Å². The van der Waals surface area contributed by atoms with Gasteiger partial charge in [0.2, 0.25) is 0 Å². The summed E-state index contributed by atoms with van der Waals surface area (Å²) in [6.07, 6.45) is 13.1. The fourth-order valence-corrected chi connectivity index (χ4v) is 5.29. The Labute approximate surface area is 189 Å². The quantitative estimate of drug-likeness (QED) is 0.307. The first-order valence-corrected chi connectivity index (χ1v) is 12.2. The zero-order valence-corrected chi connectivity index (χ0v) is 19.0. The fraction of sp³-hybridized carbons (Fsp3) is 0.448. The van der Waals surface area contributed by atoms with Crippen LogP contribution in [0.3, 0.4) is 0 Å². The van der Waals surface area contributed by atoms with E-state index in [0.717, 1.165) is 29.7 Å². The second-order valence-corrected chi connectivity index (χ2v) is 9.56. The normalized spacial score (nSPS) is 18.9. The van der Waals surface area contributed by atoms with Crippen molar-refractivity contribution < 1.29 is 13.2 Å². The minimum absolute atomic E-state index is 0.219. The monoisotopic (exact) mass is 438 g/mol. The molecule has 0 aliphatic heterocycles. The molecule has 0 amide bonds. The Kier molecular flexibility index (Phi) is 7.55. The maximum Gasteiger partial charge on any atom is 0.138 e. The molecule has 0 N–H and O–H groups in total. The lowest BCUT2D eigenvalue weighted by Gasteiger charge is -2.28. The first-order valence-electron chi connectivity index (χ1n) is 12.2. The summed E-state index contributed by atoms with van der Waals surface area (Å²) in [6, 6.07) is 12.5. The highest BCUT2D eigenvalue weighted by atomic mass is 19.1. The Balaban J connectivity index is 1.39. The number of aryl methyl sites for hydroxylation is 1. The molecule has 0 unspecified atom stereocenters. The lowest BCUT2D eigenvalue weighted by Crippen LogP contribution is -2.15. The molecule has 0 bridgehead atoms. The SMILES string of the molecule is CCCCCC1CCC(CCc2ccc3c(F)c(-c4cc(F)cc(F)c4)ccc3c2)CC1. The van der Waals surface area contributed by atoms with Crippen molar-refractivity contribution in [3.63, 3.8) is 0 Å². The molecule has 32 heavy (non-hydrogen) atoms. The largest absolute Gasteiger partial charge is 0.207 e. The maximum absolute atomic E-state index is 15.1. The number of hydrogen-bond donors (Lipinski definition) is 0. The standard InChI is InChI=1S/C29H33F3/c1-2-3-4-5-20-6-8-21(9-7-20)10-11-22-12-14-27-23(16-22)13-15-28(29(27)32)24-17-25(30)19-26(31)18-24/h12-21H,2-11H2,1H3. The fourth-order valence-electron chi connectivity index (χ4n) is 5.29. The Morgan fingerprint density at radius 2 is 1.44 bits per heavy atom. The zero-order chi connectivity index (χ0) is 22.5. The number of fused-ring (bicyclic) bond motifs is 1. The molecule has 170 valence electrons. The Hall–Kier alpha value is -2.29. The van der Waals surface area contributed by atoms with E-state index in [4.69, 9.17) is 0 Å². The summed E-state index contributed by atoms with van der Waals surface area (Å²) in [4.78, 5) is 0. The van der Waals surface area contributed by atoms with Crippen molar-refractivity contribution in [2.24, 2.45) is 11.8 Å². The molecule has 3 aromatic carbocycles. The molecule has 0 atom stereocenters. The van der Waals surface area contributed by atoms with E-state index in [9.17, 15) is 8.78 Å². The van der Waals surface area contributed by atoms with Crippen molar-refractivity contribution in [3.8, 4) is 11.1 Å². The Morgan fingerprint density at radius 1 is 0.750 bits per heavy atom. The minimum Gasteiger partial charge on any atom is -0.207 e. The Morgan fingerprint density at radius 3 is 2.12 bits per heavy atom. The highest BCUT2D eigenvalue weighted by molar-refractivity contribution is 5.88. The third kappa shape index (κ3) is 5.54. The van der Waals surface area contributed by atoms with Crippen molar-refractivity contribution in [2.45, 2.75) is 71.1 Å². The van der Waals surface area contributed by atoms with Crippen LogP contribution in [0.25, 0.3) is 21.9 Å². The first kappa shape index (κ1) is 22.9. The van der Waals surface area contributed by atoms with E-state index < -0.39 is 17.5 Å². The van der Waals surface area contributed by atoms with Crippen LogP contribution in [-0.2, 0) is 6.42 Å². The number of halogens is 3. The van der Waals surface area contributed by atoms with Gasteiger partial charge in [-0.05, 0) is 53.3 Å². The van der Waals surface area contributed by atoms with Crippen LogP contribution in [-0.4, -0.2) is 0 Å². The summed E-state index contributed by atoms with van der Waals surface area (Å²) in [7, 11) is 0. The first-order chi connectivity index (χ1) is 15.5. The van der Waals surface area contributed by atoms with E-state index in [1.807, 2.05) is 18.2 Å². The highest BCUT2D eigenvalue weighted by Gasteiger charge is 2.20. The van der Waals surface area contributed by atoms with Gasteiger partial charge in [-0.2, -0.15) is 0 Å². The van der Waals surface area contributed by atoms with Crippen LogP contribution < -0.4 is 0 Å². The molecule has 1 saturated carbocycles. The molecule has 3 heteroatoms. The molecular weight excluding hydrogens is 405 g/mol. The summed E-state index contributed by atoms with van der Waals surface area (Å²) in [5, 5.41) is 1.32. The van der Waals surface area contributed by atoms with Crippen LogP contribution in [0.15, 0.2) is 48.5 Å². The van der Waals surface area contributed by atoms with E-state index in [2.05, 4.69) is 13.0 Å².